The highest BCUT2D eigenvalue weighted by atomic mass is 16.3. The zero-order valence-electron chi connectivity index (χ0n) is 31.2. The van der Waals surface area contributed by atoms with Crippen molar-refractivity contribution in [2.75, 3.05) is 6.61 Å². The third-order valence-electron chi connectivity index (χ3n) is 8.37. The van der Waals surface area contributed by atoms with Gasteiger partial charge in [-0.3, -0.25) is 4.79 Å². The molecule has 0 rings (SSSR count). The van der Waals surface area contributed by atoms with Crippen molar-refractivity contribution >= 4 is 5.91 Å². The summed E-state index contributed by atoms with van der Waals surface area (Å²) in [6, 6.07) is -0.621. The molecule has 2 unspecified atom stereocenters. The van der Waals surface area contributed by atoms with Gasteiger partial charge >= 0.3 is 0 Å². The number of allylic oxidation sites excluding steroid dienone is 13. The summed E-state index contributed by atoms with van der Waals surface area (Å²) in [7, 11) is 0. The van der Waals surface area contributed by atoms with Gasteiger partial charge in [-0.15, -0.1) is 0 Å². The van der Waals surface area contributed by atoms with Crippen LogP contribution >= 0.6 is 0 Å². The number of hydrogen-bond acceptors (Lipinski definition) is 3. The zero-order chi connectivity index (χ0) is 35.0. The van der Waals surface area contributed by atoms with E-state index in [1.807, 2.05) is 6.08 Å². The Bertz CT molecular complexity index is 895. The SMILES string of the molecule is CC/C=C\C/C=C\C/C=C\C/C=C\C/C=C\C/C=C\CCCCCCCCCCCCCCCCC(=O)NC(CO)C(O)/C=C/CCC. The smallest absolute Gasteiger partial charge is 0.220 e. The van der Waals surface area contributed by atoms with Crippen LogP contribution in [-0.4, -0.2) is 34.9 Å². The summed E-state index contributed by atoms with van der Waals surface area (Å²) in [6.45, 7) is 3.98. The minimum Gasteiger partial charge on any atom is -0.394 e. The summed E-state index contributed by atoms with van der Waals surface area (Å²) >= 11 is 0. The third kappa shape index (κ3) is 34.9. The highest BCUT2D eigenvalue weighted by molar-refractivity contribution is 5.76. The van der Waals surface area contributed by atoms with Gasteiger partial charge in [0.05, 0.1) is 18.8 Å². The van der Waals surface area contributed by atoms with E-state index in [0.29, 0.717) is 6.42 Å². The van der Waals surface area contributed by atoms with E-state index in [4.69, 9.17) is 0 Å². The fourth-order valence-electron chi connectivity index (χ4n) is 5.36. The van der Waals surface area contributed by atoms with Gasteiger partial charge in [-0.05, 0) is 64.2 Å². The van der Waals surface area contributed by atoms with Gasteiger partial charge in [0.2, 0.25) is 5.91 Å². The van der Waals surface area contributed by atoms with Crippen LogP contribution < -0.4 is 5.32 Å². The number of aliphatic hydroxyl groups excluding tert-OH is 2. The molecule has 0 heterocycles. The Balaban J connectivity index is 3.45. The number of carbonyl (C=O) groups is 1. The average Bonchev–Trinajstić information content (AvgIpc) is 3.09. The van der Waals surface area contributed by atoms with Crippen LogP contribution in [0, 0.1) is 0 Å². The third-order valence-corrected chi connectivity index (χ3v) is 8.37. The number of unbranched alkanes of at least 4 members (excludes halogenated alkanes) is 15. The number of nitrogens with one attached hydrogen (secondary N) is 1. The van der Waals surface area contributed by atoms with Crippen LogP contribution in [0.2, 0.25) is 0 Å². The van der Waals surface area contributed by atoms with E-state index in [-0.39, 0.29) is 12.5 Å². The molecule has 0 saturated heterocycles. The molecule has 274 valence electrons. The normalized spacial score (nSPS) is 14.0. The van der Waals surface area contributed by atoms with Crippen LogP contribution in [0.1, 0.15) is 168 Å². The molecule has 0 aliphatic carbocycles. The van der Waals surface area contributed by atoms with Gasteiger partial charge in [0.25, 0.3) is 0 Å². The monoisotopic (exact) mass is 666 g/mol. The molecule has 0 saturated carbocycles. The lowest BCUT2D eigenvalue weighted by Gasteiger charge is -2.19. The molecule has 1 amide bonds. The van der Waals surface area contributed by atoms with Crippen molar-refractivity contribution in [3.8, 4) is 0 Å². The maximum Gasteiger partial charge on any atom is 0.220 e. The van der Waals surface area contributed by atoms with E-state index in [1.165, 1.54) is 83.5 Å². The maximum absolute atomic E-state index is 12.2. The Kier molecular flexibility index (Phi) is 37.0. The summed E-state index contributed by atoms with van der Waals surface area (Å²) in [5, 5.41) is 22.4. The van der Waals surface area contributed by atoms with Gasteiger partial charge in [-0.2, -0.15) is 0 Å². The van der Waals surface area contributed by atoms with Crippen molar-refractivity contribution < 1.29 is 15.0 Å². The molecule has 0 aliphatic heterocycles. The Morgan fingerprint density at radius 1 is 0.521 bits per heavy atom. The molecule has 48 heavy (non-hydrogen) atoms. The van der Waals surface area contributed by atoms with Gasteiger partial charge in [0.1, 0.15) is 0 Å². The van der Waals surface area contributed by atoms with Crippen molar-refractivity contribution in [1.29, 1.82) is 0 Å². The summed E-state index contributed by atoms with van der Waals surface area (Å²) in [4.78, 5) is 12.2. The molecular formula is C44H75NO3. The Labute approximate surface area is 297 Å². The molecule has 0 aliphatic rings. The highest BCUT2D eigenvalue weighted by Crippen LogP contribution is 2.14. The number of carbonyl (C=O) groups excluding carboxylic acids is 1. The highest BCUT2D eigenvalue weighted by Gasteiger charge is 2.17. The Morgan fingerprint density at radius 2 is 0.917 bits per heavy atom. The lowest BCUT2D eigenvalue weighted by Crippen LogP contribution is -2.45. The molecule has 0 aromatic heterocycles. The molecule has 0 aromatic rings. The molecule has 0 spiro atoms. The lowest BCUT2D eigenvalue weighted by atomic mass is 10.0. The van der Waals surface area contributed by atoms with Gasteiger partial charge in [0.15, 0.2) is 0 Å². The van der Waals surface area contributed by atoms with E-state index >= 15 is 0 Å². The van der Waals surface area contributed by atoms with Crippen LogP contribution in [0.3, 0.4) is 0 Å². The average molecular weight is 666 g/mol. The first-order valence-corrected chi connectivity index (χ1v) is 19.8. The van der Waals surface area contributed by atoms with Crippen LogP contribution in [0.25, 0.3) is 0 Å². The Hall–Kier alpha value is -2.43. The van der Waals surface area contributed by atoms with Crippen molar-refractivity contribution in [3.63, 3.8) is 0 Å². The first-order chi connectivity index (χ1) is 23.7. The number of hydrogen-bond donors (Lipinski definition) is 3. The van der Waals surface area contributed by atoms with Gasteiger partial charge in [-0.1, -0.05) is 182 Å². The van der Waals surface area contributed by atoms with Crippen LogP contribution in [0.15, 0.2) is 85.1 Å². The predicted molar refractivity (Wildman–Crippen MR) is 211 cm³/mol. The number of amides is 1. The minimum absolute atomic E-state index is 0.0816. The number of aliphatic hydroxyl groups is 2. The van der Waals surface area contributed by atoms with Crippen molar-refractivity contribution in [1.82, 2.24) is 5.32 Å². The molecule has 0 bridgehead atoms. The Morgan fingerprint density at radius 3 is 1.33 bits per heavy atom. The van der Waals surface area contributed by atoms with E-state index in [0.717, 1.165) is 64.2 Å². The van der Waals surface area contributed by atoms with Crippen molar-refractivity contribution in [3.05, 3.63) is 85.1 Å². The van der Waals surface area contributed by atoms with Crippen LogP contribution in [0.4, 0.5) is 0 Å². The second kappa shape index (κ2) is 39.0. The minimum atomic E-state index is -0.838. The van der Waals surface area contributed by atoms with Gasteiger partial charge < -0.3 is 15.5 Å². The summed E-state index contributed by atoms with van der Waals surface area (Å²) < 4.78 is 0. The van der Waals surface area contributed by atoms with Crippen molar-refractivity contribution in [2.45, 2.75) is 180 Å². The second-order valence-corrected chi connectivity index (χ2v) is 13.0. The molecule has 3 N–H and O–H groups in total. The molecule has 0 fully saturated rings. The van der Waals surface area contributed by atoms with E-state index < -0.39 is 12.1 Å². The fraction of sp³-hybridized carbons (Fsp3) is 0.659. The van der Waals surface area contributed by atoms with Gasteiger partial charge in [-0.25, -0.2) is 0 Å². The zero-order valence-corrected chi connectivity index (χ0v) is 31.2. The summed E-state index contributed by atoms with van der Waals surface area (Å²) in [5.41, 5.74) is 0. The quantitative estimate of drug-likeness (QED) is 0.0473. The molecule has 4 nitrogen and oxygen atoms in total. The molecule has 4 heteroatoms. The van der Waals surface area contributed by atoms with Crippen LogP contribution in [-0.2, 0) is 4.79 Å². The standard InChI is InChI=1S/C44H75NO3/c1-3-5-7-8-9-10-11-12-13-14-15-16-17-18-19-20-21-22-23-24-25-26-27-28-29-30-31-32-33-34-35-36-38-40-44(48)45-42(41-46)43(47)39-37-6-4-2/h5,7,9-10,12-13,15-16,18-19,21-22,37,39,42-43,46-47H,3-4,6,8,11,14,17,20,23-36,38,40-41H2,1-2H3,(H,45,48)/b7-5-,10-9-,13-12-,16-15-,19-18-,22-21-,39-37+. The molecule has 0 radical (unpaired) electrons. The molecular weight excluding hydrogens is 590 g/mol. The van der Waals surface area contributed by atoms with Crippen LogP contribution in [0.5, 0.6) is 0 Å². The summed E-state index contributed by atoms with van der Waals surface area (Å²) in [6.07, 6.45) is 57.5. The van der Waals surface area contributed by atoms with Gasteiger partial charge in [0, 0.05) is 6.42 Å². The first-order valence-electron chi connectivity index (χ1n) is 19.8. The predicted octanol–water partition coefficient (Wildman–Crippen LogP) is 12.1. The molecule has 0 aromatic carbocycles. The largest absolute Gasteiger partial charge is 0.394 e. The first kappa shape index (κ1) is 45.6. The number of rotatable bonds is 34. The topological polar surface area (TPSA) is 69.6 Å². The van der Waals surface area contributed by atoms with E-state index in [1.54, 1.807) is 6.08 Å². The maximum atomic E-state index is 12.2. The second-order valence-electron chi connectivity index (χ2n) is 13.0. The molecule has 2 atom stereocenters. The van der Waals surface area contributed by atoms with Crippen molar-refractivity contribution in [2.24, 2.45) is 0 Å². The van der Waals surface area contributed by atoms with E-state index in [9.17, 15) is 15.0 Å². The van der Waals surface area contributed by atoms with E-state index in [2.05, 4.69) is 92.1 Å². The summed E-state index contributed by atoms with van der Waals surface area (Å²) in [5.74, 6) is -0.0816. The fourth-order valence-corrected chi connectivity index (χ4v) is 5.36. The lowest BCUT2D eigenvalue weighted by molar-refractivity contribution is -0.123.